The van der Waals surface area contributed by atoms with Crippen LogP contribution in [0.3, 0.4) is 0 Å². The van der Waals surface area contributed by atoms with Crippen LogP contribution in [0.2, 0.25) is 5.02 Å². The molecule has 0 fully saturated rings. The normalized spacial score (nSPS) is 10.5. The number of carbonyl (C=O) groups is 1. The molecule has 0 radical (unpaired) electrons. The lowest BCUT2D eigenvalue weighted by atomic mass is 10.1. The first kappa shape index (κ1) is 16.5. The summed E-state index contributed by atoms with van der Waals surface area (Å²) in [6.07, 6.45) is 7.67. The van der Waals surface area contributed by atoms with Crippen molar-refractivity contribution >= 4 is 39.1 Å². The average Bonchev–Trinajstić information content (AvgIpc) is 2.38. The standard InChI is InChI=1S/C15H21BrClNO/c1-2-3-4-5-6-7-8-15(19)18-14-11-12(16)9-10-13(14)17/h9-11H,2-8H2,1H3,(H,18,19). The molecular weight excluding hydrogens is 326 g/mol. The van der Waals surface area contributed by atoms with E-state index in [0.717, 1.165) is 17.3 Å². The van der Waals surface area contributed by atoms with Gasteiger partial charge in [0.1, 0.15) is 0 Å². The maximum absolute atomic E-state index is 11.8. The summed E-state index contributed by atoms with van der Waals surface area (Å²) in [7, 11) is 0. The van der Waals surface area contributed by atoms with Gasteiger partial charge in [-0.3, -0.25) is 4.79 Å². The lowest BCUT2D eigenvalue weighted by Gasteiger charge is -2.07. The zero-order chi connectivity index (χ0) is 14.1. The molecule has 1 aromatic carbocycles. The third-order valence-electron chi connectivity index (χ3n) is 2.96. The molecule has 106 valence electrons. The number of benzene rings is 1. The minimum atomic E-state index is 0.0375. The van der Waals surface area contributed by atoms with Crippen LogP contribution in [-0.4, -0.2) is 5.91 Å². The highest BCUT2D eigenvalue weighted by atomic mass is 79.9. The van der Waals surface area contributed by atoms with Crippen molar-refractivity contribution in [3.05, 3.63) is 27.7 Å². The molecule has 0 saturated carbocycles. The number of hydrogen-bond acceptors (Lipinski definition) is 1. The summed E-state index contributed by atoms with van der Waals surface area (Å²) >= 11 is 9.39. The van der Waals surface area contributed by atoms with Gasteiger partial charge in [-0.15, -0.1) is 0 Å². The third-order valence-corrected chi connectivity index (χ3v) is 3.78. The number of hydrogen-bond donors (Lipinski definition) is 1. The second-order valence-corrected chi connectivity index (χ2v) is 6.01. The summed E-state index contributed by atoms with van der Waals surface area (Å²) in [5, 5.41) is 3.42. The van der Waals surface area contributed by atoms with Gasteiger partial charge < -0.3 is 5.32 Å². The van der Waals surface area contributed by atoms with E-state index in [0.29, 0.717) is 17.1 Å². The Balaban J connectivity index is 2.25. The topological polar surface area (TPSA) is 29.1 Å². The Morgan fingerprint density at radius 3 is 2.63 bits per heavy atom. The number of carbonyl (C=O) groups excluding carboxylic acids is 1. The number of nitrogens with one attached hydrogen (secondary N) is 1. The second-order valence-electron chi connectivity index (χ2n) is 4.69. The molecule has 0 aromatic heterocycles. The van der Waals surface area contributed by atoms with E-state index in [2.05, 4.69) is 28.2 Å². The van der Waals surface area contributed by atoms with E-state index in [4.69, 9.17) is 11.6 Å². The van der Waals surface area contributed by atoms with Gasteiger partial charge in [0.25, 0.3) is 0 Å². The SMILES string of the molecule is CCCCCCCCC(=O)Nc1cc(Br)ccc1Cl. The molecule has 1 aromatic rings. The summed E-state index contributed by atoms with van der Waals surface area (Å²) in [6.45, 7) is 2.20. The molecule has 0 bridgehead atoms. The quantitative estimate of drug-likeness (QED) is 0.593. The first-order valence-electron chi connectivity index (χ1n) is 6.88. The van der Waals surface area contributed by atoms with Gasteiger partial charge in [-0.25, -0.2) is 0 Å². The largest absolute Gasteiger partial charge is 0.325 e. The van der Waals surface area contributed by atoms with Crippen molar-refractivity contribution in [3.8, 4) is 0 Å². The van der Waals surface area contributed by atoms with E-state index in [1.807, 2.05) is 12.1 Å². The number of halogens is 2. The molecule has 0 heterocycles. The fourth-order valence-corrected chi connectivity index (χ4v) is 2.40. The molecule has 0 aliphatic rings. The molecule has 0 aliphatic heterocycles. The van der Waals surface area contributed by atoms with E-state index in [-0.39, 0.29) is 5.91 Å². The van der Waals surface area contributed by atoms with Gasteiger partial charge in [0.15, 0.2) is 0 Å². The fourth-order valence-electron chi connectivity index (χ4n) is 1.87. The van der Waals surface area contributed by atoms with E-state index < -0.39 is 0 Å². The van der Waals surface area contributed by atoms with E-state index >= 15 is 0 Å². The highest BCUT2D eigenvalue weighted by Gasteiger charge is 2.06. The molecule has 19 heavy (non-hydrogen) atoms. The highest BCUT2D eigenvalue weighted by Crippen LogP contribution is 2.25. The summed E-state index contributed by atoms with van der Waals surface area (Å²) in [6, 6.07) is 5.44. The fraction of sp³-hybridized carbons (Fsp3) is 0.533. The third kappa shape index (κ3) is 6.98. The molecule has 4 heteroatoms. The van der Waals surface area contributed by atoms with Gasteiger partial charge >= 0.3 is 0 Å². The van der Waals surface area contributed by atoms with Crippen LogP contribution < -0.4 is 5.32 Å². The molecular formula is C15H21BrClNO. The number of rotatable bonds is 8. The van der Waals surface area contributed by atoms with Gasteiger partial charge in [-0.1, -0.05) is 66.6 Å². The van der Waals surface area contributed by atoms with Crippen LogP contribution in [0.1, 0.15) is 51.9 Å². The zero-order valence-electron chi connectivity index (χ0n) is 11.3. The van der Waals surface area contributed by atoms with Crippen LogP contribution in [0.25, 0.3) is 0 Å². The maximum Gasteiger partial charge on any atom is 0.224 e. The lowest BCUT2D eigenvalue weighted by molar-refractivity contribution is -0.116. The minimum Gasteiger partial charge on any atom is -0.325 e. The number of anilines is 1. The van der Waals surface area contributed by atoms with Gasteiger partial charge in [0.2, 0.25) is 5.91 Å². The molecule has 0 spiro atoms. The zero-order valence-corrected chi connectivity index (χ0v) is 13.7. The van der Waals surface area contributed by atoms with Crippen molar-refractivity contribution in [2.75, 3.05) is 5.32 Å². The van der Waals surface area contributed by atoms with Gasteiger partial charge in [-0.05, 0) is 24.6 Å². The van der Waals surface area contributed by atoms with E-state index in [1.54, 1.807) is 6.07 Å². The van der Waals surface area contributed by atoms with Crippen molar-refractivity contribution < 1.29 is 4.79 Å². The second kappa shape index (κ2) is 9.38. The van der Waals surface area contributed by atoms with Crippen molar-refractivity contribution in [2.24, 2.45) is 0 Å². The molecule has 1 rings (SSSR count). The highest BCUT2D eigenvalue weighted by molar-refractivity contribution is 9.10. The van der Waals surface area contributed by atoms with Gasteiger partial charge in [-0.2, -0.15) is 0 Å². The first-order chi connectivity index (χ1) is 9.13. The van der Waals surface area contributed by atoms with Crippen LogP contribution >= 0.6 is 27.5 Å². The summed E-state index contributed by atoms with van der Waals surface area (Å²) in [5.74, 6) is 0.0375. The minimum absolute atomic E-state index is 0.0375. The van der Waals surface area contributed by atoms with Crippen molar-refractivity contribution in [1.82, 2.24) is 0 Å². The summed E-state index contributed by atoms with van der Waals surface area (Å²) < 4.78 is 0.909. The number of unbranched alkanes of at least 4 members (excludes halogenated alkanes) is 5. The van der Waals surface area contributed by atoms with Crippen molar-refractivity contribution in [2.45, 2.75) is 51.9 Å². The Hall–Kier alpha value is -0.540. The Bertz CT molecular complexity index is 409. The number of amides is 1. The summed E-state index contributed by atoms with van der Waals surface area (Å²) in [5.41, 5.74) is 0.673. The molecule has 0 saturated heterocycles. The van der Waals surface area contributed by atoms with Crippen LogP contribution in [0.4, 0.5) is 5.69 Å². The summed E-state index contributed by atoms with van der Waals surface area (Å²) in [4.78, 5) is 11.8. The predicted molar refractivity (Wildman–Crippen MR) is 85.8 cm³/mol. The van der Waals surface area contributed by atoms with Crippen molar-refractivity contribution in [1.29, 1.82) is 0 Å². The molecule has 1 N–H and O–H groups in total. The van der Waals surface area contributed by atoms with E-state index in [9.17, 15) is 4.79 Å². The molecule has 1 amide bonds. The Labute approximate surface area is 129 Å². The Morgan fingerprint density at radius 1 is 1.21 bits per heavy atom. The van der Waals surface area contributed by atoms with Crippen LogP contribution in [0.5, 0.6) is 0 Å². The van der Waals surface area contributed by atoms with Gasteiger partial charge in [0.05, 0.1) is 10.7 Å². The Morgan fingerprint density at radius 2 is 1.89 bits per heavy atom. The molecule has 0 unspecified atom stereocenters. The van der Waals surface area contributed by atoms with Crippen LogP contribution in [0.15, 0.2) is 22.7 Å². The van der Waals surface area contributed by atoms with Crippen molar-refractivity contribution in [3.63, 3.8) is 0 Å². The molecule has 2 nitrogen and oxygen atoms in total. The van der Waals surface area contributed by atoms with E-state index in [1.165, 1.54) is 25.7 Å². The lowest BCUT2D eigenvalue weighted by Crippen LogP contribution is -2.11. The first-order valence-corrected chi connectivity index (χ1v) is 8.05. The molecule has 0 atom stereocenters. The monoisotopic (exact) mass is 345 g/mol. The van der Waals surface area contributed by atoms with Gasteiger partial charge in [0, 0.05) is 10.9 Å². The average molecular weight is 347 g/mol. The van der Waals surface area contributed by atoms with Crippen LogP contribution in [-0.2, 0) is 4.79 Å². The smallest absolute Gasteiger partial charge is 0.224 e. The predicted octanol–water partition coefficient (Wildman–Crippen LogP) is 5.79. The maximum atomic E-state index is 11.8. The Kier molecular flexibility index (Phi) is 8.15. The molecule has 0 aliphatic carbocycles. The van der Waals surface area contributed by atoms with Crippen LogP contribution in [0, 0.1) is 0 Å².